The van der Waals surface area contributed by atoms with Crippen LogP contribution in [0.1, 0.15) is 18.4 Å². The van der Waals surface area contributed by atoms with Crippen LogP contribution in [0.2, 0.25) is 5.02 Å². The van der Waals surface area contributed by atoms with Crippen LogP contribution >= 0.6 is 11.6 Å². The minimum absolute atomic E-state index is 0.0785. The second kappa shape index (κ2) is 9.73. The smallest absolute Gasteiger partial charge is 0.409 e. The van der Waals surface area contributed by atoms with E-state index in [0.717, 1.165) is 43.9 Å². The fourth-order valence-corrected chi connectivity index (χ4v) is 3.95. The molecule has 6 nitrogen and oxygen atoms in total. The van der Waals surface area contributed by atoms with Gasteiger partial charge in [0, 0.05) is 37.7 Å². The second-order valence-electron chi connectivity index (χ2n) is 7.59. The lowest BCUT2D eigenvalue weighted by Crippen LogP contribution is -2.57. The molecule has 0 radical (unpaired) electrons. The van der Waals surface area contributed by atoms with Gasteiger partial charge in [-0.1, -0.05) is 23.7 Å². The Kier molecular flexibility index (Phi) is 7.35. The Morgan fingerprint density at radius 2 is 2.00 bits per heavy atom. The van der Waals surface area contributed by atoms with Gasteiger partial charge < -0.3 is 19.7 Å². The van der Waals surface area contributed by atoms with Gasteiger partial charge in [0.05, 0.1) is 6.61 Å². The standard InChI is InChI=1S/C20H30ClN3O3/c1-23(2)20(25)27-14-19-12-24(17-7-9-22-10-8-17)18(13-26-19)11-15-3-5-16(21)6-4-15/h3-6,17-19,22H,7-14H2,1-2H3/t18-,19+/m0/s1. The number of hydrogen-bond donors (Lipinski definition) is 1. The summed E-state index contributed by atoms with van der Waals surface area (Å²) in [6, 6.07) is 8.94. The van der Waals surface area contributed by atoms with Crippen LogP contribution in [0.5, 0.6) is 0 Å². The molecule has 150 valence electrons. The number of ether oxygens (including phenoxy) is 2. The summed E-state index contributed by atoms with van der Waals surface area (Å²) in [6.07, 6.45) is 2.81. The highest BCUT2D eigenvalue weighted by Crippen LogP contribution is 2.24. The molecule has 3 rings (SSSR count). The third-order valence-corrected chi connectivity index (χ3v) is 5.58. The third-order valence-electron chi connectivity index (χ3n) is 5.33. The molecule has 0 bridgehead atoms. The monoisotopic (exact) mass is 395 g/mol. The van der Waals surface area contributed by atoms with Gasteiger partial charge >= 0.3 is 6.09 Å². The van der Waals surface area contributed by atoms with E-state index in [1.807, 2.05) is 12.1 Å². The fourth-order valence-electron chi connectivity index (χ4n) is 3.83. The van der Waals surface area contributed by atoms with Crippen molar-refractivity contribution in [2.24, 2.45) is 0 Å². The predicted molar refractivity (Wildman–Crippen MR) is 106 cm³/mol. The van der Waals surface area contributed by atoms with Crippen LogP contribution in [0.4, 0.5) is 4.79 Å². The number of hydrogen-bond acceptors (Lipinski definition) is 5. The van der Waals surface area contributed by atoms with Crippen molar-refractivity contribution in [2.75, 3.05) is 46.9 Å². The Hall–Kier alpha value is -1.34. The highest BCUT2D eigenvalue weighted by molar-refractivity contribution is 6.30. The zero-order valence-corrected chi connectivity index (χ0v) is 17.0. The van der Waals surface area contributed by atoms with E-state index >= 15 is 0 Å². The summed E-state index contributed by atoms with van der Waals surface area (Å²) < 4.78 is 11.4. The van der Waals surface area contributed by atoms with Crippen molar-refractivity contribution < 1.29 is 14.3 Å². The van der Waals surface area contributed by atoms with E-state index in [9.17, 15) is 4.79 Å². The average Bonchev–Trinajstić information content (AvgIpc) is 2.69. The normalized spacial score (nSPS) is 24.6. The number of nitrogens with one attached hydrogen (secondary N) is 1. The first-order valence-corrected chi connectivity index (χ1v) is 10.1. The van der Waals surface area contributed by atoms with Crippen molar-refractivity contribution in [1.29, 1.82) is 0 Å². The quantitative estimate of drug-likeness (QED) is 0.829. The minimum atomic E-state index is -0.324. The largest absolute Gasteiger partial charge is 0.447 e. The third kappa shape index (κ3) is 5.82. The second-order valence-corrected chi connectivity index (χ2v) is 8.03. The molecule has 27 heavy (non-hydrogen) atoms. The molecule has 2 fully saturated rings. The first kappa shape index (κ1) is 20.4. The van der Waals surface area contributed by atoms with E-state index < -0.39 is 0 Å². The SMILES string of the molecule is CN(C)C(=O)OC[C@H]1CN(C2CCNCC2)[C@@H](Cc2ccc(Cl)cc2)CO1. The average molecular weight is 396 g/mol. The number of amides is 1. The number of morpholine rings is 1. The zero-order valence-electron chi connectivity index (χ0n) is 16.2. The molecule has 1 aromatic carbocycles. The van der Waals surface area contributed by atoms with E-state index in [2.05, 4.69) is 22.3 Å². The maximum Gasteiger partial charge on any atom is 0.409 e. The lowest BCUT2D eigenvalue weighted by Gasteiger charge is -2.45. The van der Waals surface area contributed by atoms with Crippen molar-refractivity contribution in [3.63, 3.8) is 0 Å². The Morgan fingerprint density at radius 1 is 1.30 bits per heavy atom. The number of piperidine rings is 1. The van der Waals surface area contributed by atoms with Crippen LogP contribution < -0.4 is 5.32 Å². The highest BCUT2D eigenvalue weighted by Gasteiger charge is 2.34. The van der Waals surface area contributed by atoms with Crippen LogP contribution in [0.25, 0.3) is 0 Å². The van der Waals surface area contributed by atoms with E-state index in [0.29, 0.717) is 25.3 Å². The van der Waals surface area contributed by atoms with Crippen LogP contribution in [-0.4, -0.2) is 81.0 Å². The molecule has 1 amide bonds. The van der Waals surface area contributed by atoms with Crippen molar-refractivity contribution in [2.45, 2.75) is 37.5 Å². The van der Waals surface area contributed by atoms with E-state index in [1.165, 1.54) is 10.5 Å². The minimum Gasteiger partial charge on any atom is -0.447 e. The van der Waals surface area contributed by atoms with Gasteiger partial charge in [-0.05, 0) is 50.0 Å². The van der Waals surface area contributed by atoms with Crippen molar-refractivity contribution in [1.82, 2.24) is 15.1 Å². The Balaban J connectivity index is 1.64. The molecule has 2 aliphatic rings. The molecule has 2 atom stereocenters. The van der Waals surface area contributed by atoms with Gasteiger partial charge in [0.25, 0.3) is 0 Å². The summed E-state index contributed by atoms with van der Waals surface area (Å²) >= 11 is 6.02. The van der Waals surface area contributed by atoms with Gasteiger partial charge in [0.15, 0.2) is 0 Å². The molecule has 2 heterocycles. The van der Waals surface area contributed by atoms with Gasteiger partial charge in [0.2, 0.25) is 0 Å². The van der Waals surface area contributed by atoms with Crippen molar-refractivity contribution in [3.05, 3.63) is 34.9 Å². The molecular formula is C20H30ClN3O3. The van der Waals surface area contributed by atoms with Gasteiger partial charge in [-0.3, -0.25) is 4.90 Å². The summed E-state index contributed by atoms with van der Waals surface area (Å²) in [5.74, 6) is 0. The van der Waals surface area contributed by atoms with Gasteiger partial charge in [-0.15, -0.1) is 0 Å². The van der Waals surface area contributed by atoms with E-state index in [-0.39, 0.29) is 12.2 Å². The maximum absolute atomic E-state index is 11.7. The lowest BCUT2D eigenvalue weighted by atomic mass is 9.97. The van der Waals surface area contributed by atoms with Crippen LogP contribution in [0.15, 0.2) is 24.3 Å². The molecule has 0 spiro atoms. The molecule has 0 aliphatic carbocycles. The van der Waals surface area contributed by atoms with E-state index in [4.69, 9.17) is 21.1 Å². The van der Waals surface area contributed by atoms with Gasteiger partial charge in [-0.25, -0.2) is 4.79 Å². The number of nitrogens with zero attached hydrogens (tertiary/aromatic N) is 2. The zero-order chi connectivity index (χ0) is 19.2. The molecule has 1 N–H and O–H groups in total. The first-order chi connectivity index (χ1) is 13.0. The predicted octanol–water partition coefficient (Wildman–Crippen LogP) is 2.40. The number of benzene rings is 1. The molecule has 0 aromatic heterocycles. The van der Waals surface area contributed by atoms with Gasteiger partial charge in [0.1, 0.15) is 12.7 Å². The summed E-state index contributed by atoms with van der Waals surface area (Å²) in [5, 5.41) is 4.20. The van der Waals surface area contributed by atoms with Gasteiger partial charge in [-0.2, -0.15) is 0 Å². The van der Waals surface area contributed by atoms with E-state index in [1.54, 1.807) is 14.1 Å². The fraction of sp³-hybridized carbons (Fsp3) is 0.650. The number of halogens is 1. The highest BCUT2D eigenvalue weighted by atomic mass is 35.5. The van der Waals surface area contributed by atoms with Crippen LogP contribution in [0, 0.1) is 0 Å². The summed E-state index contributed by atoms with van der Waals surface area (Å²) in [4.78, 5) is 15.7. The molecular weight excluding hydrogens is 366 g/mol. The van der Waals surface area contributed by atoms with Crippen molar-refractivity contribution >= 4 is 17.7 Å². The van der Waals surface area contributed by atoms with Crippen LogP contribution in [0.3, 0.4) is 0 Å². The van der Waals surface area contributed by atoms with Crippen molar-refractivity contribution in [3.8, 4) is 0 Å². The Labute approximate surface area is 166 Å². The summed E-state index contributed by atoms with van der Waals surface area (Å²) in [5.41, 5.74) is 1.27. The molecule has 7 heteroatoms. The number of carbonyl (C=O) groups excluding carboxylic acids is 1. The summed E-state index contributed by atoms with van der Waals surface area (Å²) in [6.45, 7) is 3.85. The lowest BCUT2D eigenvalue weighted by molar-refractivity contribution is -0.101. The van der Waals surface area contributed by atoms with Crippen LogP contribution in [-0.2, 0) is 15.9 Å². The number of rotatable bonds is 5. The molecule has 0 saturated carbocycles. The molecule has 0 unspecified atom stereocenters. The maximum atomic E-state index is 11.7. The molecule has 1 aromatic rings. The molecule has 2 saturated heterocycles. The summed E-state index contributed by atoms with van der Waals surface area (Å²) in [7, 11) is 3.38. The Morgan fingerprint density at radius 3 is 2.67 bits per heavy atom. The first-order valence-electron chi connectivity index (χ1n) is 9.69. The Bertz CT molecular complexity index is 605. The molecule has 2 aliphatic heterocycles. The number of carbonyl (C=O) groups is 1. The topological polar surface area (TPSA) is 54.0 Å².